The summed E-state index contributed by atoms with van der Waals surface area (Å²) in [5.41, 5.74) is 0.438. The molecule has 1 fully saturated rings. The molecule has 1 aliphatic rings. The highest BCUT2D eigenvalue weighted by atomic mass is 16.4. The maximum absolute atomic E-state index is 11.1. The van der Waals surface area contributed by atoms with Gasteiger partial charge in [0.1, 0.15) is 11.7 Å². The molecule has 0 radical (unpaired) electrons. The zero-order valence-corrected chi connectivity index (χ0v) is 8.96. The summed E-state index contributed by atoms with van der Waals surface area (Å²) in [5.74, 6) is -0.413. The minimum absolute atomic E-state index is 0.417. The summed E-state index contributed by atoms with van der Waals surface area (Å²) in [7, 11) is 0. The van der Waals surface area contributed by atoms with E-state index in [9.17, 15) is 4.79 Å². The molecule has 0 aliphatic heterocycles. The van der Waals surface area contributed by atoms with Gasteiger partial charge in [0.25, 0.3) is 0 Å². The average molecular weight is 230 g/mol. The van der Waals surface area contributed by atoms with E-state index in [1.807, 2.05) is 6.07 Å². The summed E-state index contributed by atoms with van der Waals surface area (Å²) in [6.45, 7) is 0. The van der Waals surface area contributed by atoms with Gasteiger partial charge in [0.2, 0.25) is 5.89 Å². The first-order chi connectivity index (χ1) is 8.22. The lowest BCUT2D eigenvalue weighted by Gasteiger charge is -2.02. The number of rotatable bonds is 3. The number of hydrogen-bond acceptors (Lipinski definition) is 4. The first-order valence-electron chi connectivity index (χ1n) is 5.32. The minimum atomic E-state index is -0.830. The van der Waals surface area contributed by atoms with Crippen molar-refractivity contribution in [2.75, 3.05) is 0 Å². The predicted molar refractivity (Wildman–Crippen MR) is 58.3 cm³/mol. The van der Waals surface area contributed by atoms with Crippen LogP contribution < -0.4 is 0 Å². The number of nitrogens with zero attached hydrogens (tertiary/aromatic N) is 2. The zero-order chi connectivity index (χ0) is 11.9. The molecule has 2 aromatic heterocycles. The highest BCUT2D eigenvalue weighted by Gasteiger charge is 2.54. The van der Waals surface area contributed by atoms with E-state index in [0.717, 1.165) is 5.56 Å². The van der Waals surface area contributed by atoms with Crippen molar-refractivity contribution in [1.29, 1.82) is 0 Å². The van der Waals surface area contributed by atoms with Crippen LogP contribution in [0.5, 0.6) is 0 Å². The van der Waals surface area contributed by atoms with E-state index in [1.54, 1.807) is 18.5 Å². The van der Waals surface area contributed by atoms with Crippen molar-refractivity contribution in [2.24, 2.45) is 0 Å². The molecule has 2 aromatic rings. The van der Waals surface area contributed by atoms with Crippen molar-refractivity contribution in [3.8, 4) is 11.5 Å². The number of aromatic nitrogens is 2. The summed E-state index contributed by atoms with van der Waals surface area (Å²) < 4.78 is 5.31. The molecule has 1 aliphatic carbocycles. The Bertz CT molecular complexity index is 558. The van der Waals surface area contributed by atoms with Crippen molar-refractivity contribution in [3.05, 3.63) is 36.5 Å². The van der Waals surface area contributed by atoms with Gasteiger partial charge in [-0.25, -0.2) is 4.98 Å². The van der Waals surface area contributed by atoms with Crippen LogP contribution in [-0.4, -0.2) is 21.0 Å². The second-order valence-corrected chi connectivity index (χ2v) is 4.17. The van der Waals surface area contributed by atoms with Gasteiger partial charge in [-0.1, -0.05) is 0 Å². The van der Waals surface area contributed by atoms with E-state index < -0.39 is 11.4 Å². The number of carboxylic acid groups (broad SMARTS) is 1. The third-order valence-electron chi connectivity index (χ3n) is 3.06. The Balaban J connectivity index is 1.97. The maximum atomic E-state index is 11.1. The van der Waals surface area contributed by atoms with Crippen LogP contribution in [0.1, 0.15) is 18.5 Å². The molecule has 0 saturated heterocycles. The Labute approximate surface area is 97.1 Å². The number of pyridine rings is 1. The van der Waals surface area contributed by atoms with Crippen LogP contribution in [0, 0.1) is 0 Å². The Morgan fingerprint density at radius 3 is 2.88 bits per heavy atom. The van der Waals surface area contributed by atoms with E-state index in [4.69, 9.17) is 9.52 Å². The van der Waals surface area contributed by atoms with Crippen LogP contribution in [0.4, 0.5) is 0 Å². The smallest absolute Gasteiger partial charge is 0.315 e. The fourth-order valence-electron chi connectivity index (χ4n) is 1.82. The predicted octanol–water partition coefficient (Wildman–Crippen LogP) is 1.85. The number of carboxylic acids is 1. The SMILES string of the molecule is O=C(O)C1(c2coc(-c3cccnc3)n2)CC1. The first-order valence-corrected chi connectivity index (χ1v) is 5.32. The third-order valence-corrected chi connectivity index (χ3v) is 3.06. The number of oxazole rings is 1. The van der Waals surface area contributed by atoms with Gasteiger partial charge >= 0.3 is 5.97 Å². The highest BCUT2D eigenvalue weighted by molar-refractivity contribution is 5.84. The largest absolute Gasteiger partial charge is 0.481 e. The van der Waals surface area contributed by atoms with Gasteiger partial charge in [-0.15, -0.1) is 0 Å². The highest BCUT2D eigenvalue weighted by Crippen LogP contribution is 2.48. The molecular formula is C12H10N2O3. The van der Waals surface area contributed by atoms with Crippen molar-refractivity contribution < 1.29 is 14.3 Å². The molecule has 5 heteroatoms. The van der Waals surface area contributed by atoms with Gasteiger partial charge in [0, 0.05) is 12.4 Å². The Morgan fingerprint density at radius 2 is 2.29 bits per heavy atom. The zero-order valence-electron chi connectivity index (χ0n) is 8.96. The van der Waals surface area contributed by atoms with Gasteiger partial charge in [0.15, 0.2) is 0 Å². The standard InChI is InChI=1S/C12H10N2O3/c15-11(16)12(3-4-12)9-7-17-10(14-9)8-2-1-5-13-6-8/h1-2,5-7H,3-4H2,(H,15,16). The van der Waals surface area contributed by atoms with Gasteiger partial charge in [-0.05, 0) is 25.0 Å². The average Bonchev–Trinajstić information content (AvgIpc) is 3.02. The lowest BCUT2D eigenvalue weighted by Crippen LogP contribution is -2.19. The summed E-state index contributed by atoms with van der Waals surface area (Å²) >= 11 is 0. The van der Waals surface area contributed by atoms with Crippen LogP contribution in [-0.2, 0) is 10.2 Å². The molecule has 17 heavy (non-hydrogen) atoms. The molecule has 1 saturated carbocycles. The van der Waals surface area contributed by atoms with Gasteiger partial charge in [0.05, 0.1) is 11.3 Å². The topological polar surface area (TPSA) is 76.2 Å². The summed E-state index contributed by atoms with van der Waals surface area (Å²) in [6, 6.07) is 3.60. The van der Waals surface area contributed by atoms with E-state index in [-0.39, 0.29) is 0 Å². The molecule has 86 valence electrons. The van der Waals surface area contributed by atoms with Crippen molar-refractivity contribution >= 4 is 5.97 Å². The molecule has 0 unspecified atom stereocenters. The van der Waals surface area contributed by atoms with Crippen LogP contribution >= 0.6 is 0 Å². The quantitative estimate of drug-likeness (QED) is 0.870. The molecule has 0 atom stereocenters. The van der Waals surface area contributed by atoms with Gasteiger partial charge in [-0.2, -0.15) is 0 Å². The minimum Gasteiger partial charge on any atom is -0.481 e. The van der Waals surface area contributed by atoms with Crippen LogP contribution in [0.2, 0.25) is 0 Å². The molecule has 0 spiro atoms. The van der Waals surface area contributed by atoms with Gasteiger partial charge in [-0.3, -0.25) is 9.78 Å². The van der Waals surface area contributed by atoms with Gasteiger partial charge < -0.3 is 9.52 Å². The van der Waals surface area contributed by atoms with Crippen molar-refractivity contribution in [1.82, 2.24) is 9.97 Å². The summed E-state index contributed by atoms with van der Waals surface area (Å²) in [4.78, 5) is 19.4. The second kappa shape index (κ2) is 3.41. The van der Waals surface area contributed by atoms with E-state index in [1.165, 1.54) is 6.26 Å². The Kier molecular flexibility index (Phi) is 2.01. The van der Waals surface area contributed by atoms with Crippen LogP contribution in [0.3, 0.4) is 0 Å². The lowest BCUT2D eigenvalue weighted by molar-refractivity contribution is -0.140. The molecule has 1 N–H and O–H groups in total. The molecular weight excluding hydrogens is 220 g/mol. The van der Waals surface area contributed by atoms with Crippen molar-refractivity contribution in [3.63, 3.8) is 0 Å². The van der Waals surface area contributed by atoms with Crippen molar-refractivity contribution in [2.45, 2.75) is 18.3 Å². The second-order valence-electron chi connectivity index (χ2n) is 4.17. The van der Waals surface area contributed by atoms with E-state index in [0.29, 0.717) is 24.4 Å². The fraction of sp³-hybridized carbons (Fsp3) is 0.250. The normalized spacial score (nSPS) is 16.7. The first kappa shape index (κ1) is 10.0. The Hall–Kier alpha value is -2.17. The summed E-state index contributed by atoms with van der Waals surface area (Å²) in [6.07, 6.45) is 5.98. The number of carbonyl (C=O) groups is 1. The molecule has 0 amide bonds. The molecule has 2 heterocycles. The van der Waals surface area contributed by atoms with E-state index in [2.05, 4.69) is 9.97 Å². The number of hydrogen-bond donors (Lipinski definition) is 1. The summed E-state index contributed by atoms with van der Waals surface area (Å²) in [5, 5.41) is 9.14. The molecule has 3 rings (SSSR count). The van der Waals surface area contributed by atoms with Crippen LogP contribution in [0.25, 0.3) is 11.5 Å². The van der Waals surface area contributed by atoms with Crippen LogP contribution in [0.15, 0.2) is 35.2 Å². The fourth-order valence-corrected chi connectivity index (χ4v) is 1.82. The lowest BCUT2D eigenvalue weighted by atomic mass is 10.0. The third kappa shape index (κ3) is 1.51. The molecule has 0 aromatic carbocycles. The Morgan fingerprint density at radius 1 is 1.47 bits per heavy atom. The molecule has 0 bridgehead atoms. The molecule has 5 nitrogen and oxygen atoms in total. The monoisotopic (exact) mass is 230 g/mol. The van der Waals surface area contributed by atoms with E-state index >= 15 is 0 Å². The maximum Gasteiger partial charge on any atom is 0.315 e. The number of aliphatic carboxylic acids is 1.